The number of halogens is 1. The first-order valence-electron chi connectivity index (χ1n) is 5.90. The van der Waals surface area contributed by atoms with E-state index in [1.165, 1.54) is 4.90 Å². The molecule has 5 nitrogen and oxygen atoms in total. The summed E-state index contributed by atoms with van der Waals surface area (Å²) >= 11 is 10.9. The summed E-state index contributed by atoms with van der Waals surface area (Å²) in [6, 6.07) is 3.15. The first kappa shape index (κ1) is 14.6. The highest BCUT2D eigenvalue weighted by molar-refractivity contribution is 7.80. The van der Waals surface area contributed by atoms with Crippen LogP contribution >= 0.6 is 23.8 Å². The molecule has 0 bridgehead atoms. The summed E-state index contributed by atoms with van der Waals surface area (Å²) in [5, 5.41) is 13.1. The first-order chi connectivity index (χ1) is 9.43. The Labute approximate surface area is 126 Å². The summed E-state index contributed by atoms with van der Waals surface area (Å²) in [6.45, 7) is 2.20. The number of hydrogen-bond donors (Lipinski definition) is 2. The molecule has 1 aliphatic rings. The number of amides is 1. The normalized spacial score (nSPS) is 16.8. The van der Waals surface area contributed by atoms with Gasteiger partial charge in [-0.05, 0) is 42.9 Å². The summed E-state index contributed by atoms with van der Waals surface area (Å²) in [6.07, 6.45) is 1.60. The number of nitrogens with zero attached hydrogens (tertiary/aromatic N) is 1. The van der Waals surface area contributed by atoms with E-state index in [0.29, 0.717) is 23.0 Å². The van der Waals surface area contributed by atoms with Crippen molar-refractivity contribution in [3.8, 4) is 11.5 Å². The fraction of sp³-hybridized carbons (Fsp3) is 0.231. The van der Waals surface area contributed by atoms with Crippen molar-refractivity contribution in [2.45, 2.75) is 6.92 Å². The lowest BCUT2D eigenvalue weighted by Gasteiger charge is -2.08. The maximum absolute atomic E-state index is 11.9. The van der Waals surface area contributed by atoms with E-state index in [1.807, 2.05) is 0 Å². The Morgan fingerprint density at radius 2 is 2.25 bits per heavy atom. The highest BCUT2D eigenvalue weighted by Crippen LogP contribution is 2.35. The molecular weight excluding hydrogens is 300 g/mol. The first-order valence-corrected chi connectivity index (χ1v) is 6.68. The predicted octanol–water partition coefficient (Wildman–Crippen LogP) is 2.13. The van der Waals surface area contributed by atoms with Crippen LogP contribution in [0, 0.1) is 0 Å². The fourth-order valence-electron chi connectivity index (χ4n) is 1.73. The maximum atomic E-state index is 11.9. The molecule has 0 aliphatic carbocycles. The smallest absolute Gasteiger partial charge is 0.276 e. The van der Waals surface area contributed by atoms with E-state index in [9.17, 15) is 9.90 Å². The Morgan fingerprint density at radius 3 is 2.80 bits per heavy atom. The molecule has 7 heteroatoms. The molecule has 2 rings (SSSR count). The van der Waals surface area contributed by atoms with Gasteiger partial charge in [0, 0.05) is 7.05 Å². The number of carbonyl (C=O) groups is 1. The fourth-order valence-corrected chi connectivity index (χ4v) is 2.14. The van der Waals surface area contributed by atoms with E-state index in [1.54, 1.807) is 32.2 Å². The van der Waals surface area contributed by atoms with Crippen LogP contribution in [0.5, 0.6) is 11.5 Å². The number of thiocarbonyl (C=S) groups is 1. The number of carbonyl (C=O) groups excluding carboxylic acids is 1. The molecule has 0 spiro atoms. The molecule has 20 heavy (non-hydrogen) atoms. The summed E-state index contributed by atoms with van der Waals surface area (Å²) in [5.41, 5.74) is 0.979. The molecule has 2 N–H and O–H groups in total. The Hall–Kier alpha value is -1.79. The van der Waals surface area contributed by atoms with Crippen molar-refractivity contribution in [3.05, 3.63) is 28.4 Å². The summed E-state index contributed by atoms with van der Waals surface area (Å²) in [4.78, 5) is 13.2. The summed E-state index contributed by atoms with van der Waals surface area (Å²) in [5.74, 6) is -0.0700. The van der Waals surface area contributed by atoms with Crippen molar-refractivity contribution in [1.82, 2.24) is 10.2 Å². The standard InChI is InChI=1S/C13H13ClN2O3S/c1-3-19-10-6-7(4-8(14)11(10)17)5-9-12(18)16(2)13(20)15-9/h4-6,17H,3H2,1-2H3,(H,15,20)/b9-5-. The Bertz CT molecular complexity index is 616. The molecule has 0 aromatic heterocycles. The van der Waals surface area contributed by atoms with Crippen LogP contribution in [0.25, 0.3) is 6.08 Å². The second-order valence-electron chi connectivity index (χ2n) is 4.13. The molecule has 1 saturated heterocycles. The second-order valence-corrected chi connectivity index (χ2v) is 4.93. The lowest BCUT2D eigenvalue weighted by Crippen LogP contribution is -2.25. The lowest BCUT2D eigenvalue weighted by atomic mass is 10.1. The Balaban J connectivity index is 2.39. The summed E-state index contributed by atoms with van der Waals surface area (Å²) in [7, 11) is 1.59. The highest BCUT2D eigenvalue weighted by Gasteiger charge is 2.27. The van der Waals surface area contributed by atoms with Gasteiger partial charge < -0.3 is 15.2 Å². The van der Waals surface area contributed by atoms with Crippen LogP contribution in [0.3, 0.4) is 0 Å². The number of phenols is 1. The number of phenolic OH excluding ortho intramolecular Hbond substituents is 1. The molecule has 0 radical (unpaired) electrons. The van der Waals surface area contributed by atoms with E-state index in [4.69, 9.17) is 28.6 Å². The van der Waals surface area contributed by atoms with Gasteiger partial charge in [-0.25, -0.2) is 0 Å². The Kier molecular flexibility index (Phi) is 4.15. The van der Waals surface area contributed by atoms with Gasteiger partial charge in [0.25, 0.3) is 5.91 Å². The van der Waals surface area contributed by atoms with Gasteiger partial charge in [-0.2, -0.15) is 0 Å². The zero-order chi connectivity index (χ0) is 14.9. The van der Waals surface area contributed by atoms with Gasteiger partial charge in [-0.1, -0.05) is 11.6 Å². The second kappa shape index (κ2) is 5.68. The van der Waals surface area contributed by atoms with Crippen molar-refractivity contribution in [1.29, 1.82) is 0 Å². The number of likely N-dealkylation sites (N-methyl/N-ethyl adjacent to an activating group) is 1. The molecule has 1 aromatic rings. The Morgan fingerprint density at radius 1 is 1.55 bits per heavy atom. The van der Waals surface area contributed by atoms with Crippen LogP contribution in [0.15, 0.2) is 17.8 Å². The third kappa shape index (κ3) is 2.71. The van der Waals surface area contributed by atoms with Gasteiger partial charge in [-0.3, -0.25) is 9.69 Å². The monoisotopic (exact) mass is 312 g/mol. The summed E-state index contributed by atoms with van der Waals surface area (Å²) < 4.78 is 5.29. The number of nitrogens with one attached hydrogen (secondary N) is 1. The van der Waals surface area contributed by atoms with Crippen molar-refractivity contribution in [3.63, 3.8) is 0 Å². The average Bonchev–Trinajstić information content (AvgIpc) is 2.63. The van der Waals surface area contributed by atoms with E-state index in [2.05, 4.69) is 5.32 Å². The van der Waals surface area contributed by atoms with Gasteiger partial charge in [0.15, 0.2) is 16.6 Å². The third-order valence-electron chi connectivity index (χ3n) is 2.74. The lowest BCUT2D eigenvalue weighted by molar-refractivity contribution is -0.121. The molecule has 0 unspecified atom stereocenters. The van der Waals surface area contributed by atoms with Crippen molar-refractivity contribution >= 4 is 40.9 Å². The van der Waals surface area contributed by atoms with Crippen LogP contribution in [0.1, 0.15) is 12.5 Å². The van der Waals surface area contributed by atoms with E-state index < -0.39 is 0 Å². The third-order valence-corrected chi connectivity index (χ3v) is 3.41. The molecule has 1 heterocycles. The zero-order valence-electron chi connectivity index (χ0n) is 10.9. The zero-order valence-corrected chi connectivity index (χ0v) is 12.5. The van der Waals surface area contributed by atoms with Gasteiger partial charge in [-0.15, -0.1) is 0 Å². The molecule has 1 aromatic carbocycles. The van der Waals surface area contributed by atoms with E-state index in [0.717, 1.165) is 0 Å². The SMILES string of the molecule is CCOc1cc(/C=C2\NC(=S)N(C)C2=O)cc(Cl)c1O. The van der Waals surface area contributed by atoms with Crippen LogP contribution in [-0.4, -0.2) is 34.7 Å². The predicted molar refractivity (Wildman–Crippen MR) is 80.8 cm³/mol. The minimum Gasteiger partial charge on any atom is -0.503 e. The number of benzene rings is 1. The maximum Gasteiger partial charge on any atom is 0.276 e. The van der Waals surface area contributed by atoms with Gasteiger partial charge in [0.1, 0.15) is 5.70 Å². The van der Waals surface area contributed by atoms with Crippen LogP contribution < -0.4 is 10.1 Å². The van der Waals surface area contributed by atoms with E-state index >= 15 is 0 Å². The molecule has 1 fully saturated rings. The number of hydrogen-bond acceptors (Lipinski definition) is 4. The average molecular weight is 313 g/mol. The largest absolute Gasteiger partial charge is 0.503 e. The van der Waals surface area contributed by atoms with Crippen molar-refractivity contribution in [2.75, 3.05) is 13.7 Å². The minimum absolute atomic E-state index is 0.117. The van der Waals surface area contributed by atoms with Crippen LogP contribution in [0.2, 0.25) is 5.02 Å². The van der Waals surface area contributed by atoms with Gasteiger partial charge >= 0.3 is 0 Å². The van der Waals surface area contributed by atoms with Crippen LogP contribution in [-0.2, 0) is 4.79 Å². The van der Waals surface area contributed by atoms with Crippen LogP contribution in [0.4, 0.5) is 0 Å². The number of aromatic hydroxyl groups is 1. The van der Waals surface area contributed by atoms with Gasteiger partial charge in [0.2, 0.25) is 0 Å². The molecular formula is C13H13ClN2O3S. The highest BCUT2D eigenvalue weighted by atomic mass is 35.5. The van der Waals surface area contributed by atoms with E-state index in [-0.39, 0.29) is 22.4 Å². The molecule has 0 saturated carbocycles. The molecule has 1 amide bonds. The van der Waals surface area contributed by atoms with Crippen molar-refractivity contribution < 1.29 is 14.6 Å². The number of rotatable bonds is 3. The molecule has 1 aliphatic heterocycles. The van der Waals surface area contributed by atoms with Gasteiger partial charge in [0.05, 0.1) is 11.6 Å². The topological polar surface area (TPSA) is 61.8 Å². The number of ether oxygens (including phenoxy) is 1. The molecule has 106 valence electrons. The minimum atomic E-state index is -0.225. The van der Waals surface area contributed by atoms with Crippen molar-refractivity contribution in [2.24, 2.45) is 0 Å². The molecule has 0 atom stereocenters. The quantitative estimate of drug-likeness (QED) is 0.661.